The number of nitrogens with zero attached hydrogens (tertiary/aromatic N) is 6. The van der Waals surface area contributed by atoms with E-state index in [-0.39, 0.29) is 46.4 Å². The maximum atomic E-state index is 15.3. The standard InChI is InChI=1S/C29H37B3FN9O4/c1-40-10-15-12-42(13-16(15)11-40)28(45)22-8-19(39-41(22)2)18-6-17(33)7-21(25(18)46-3)34-20-9-23(35-26(43)14-4-5-14)37-38-24(20)27(44)36-29(30,31)32/h6-9,14-16H,4-5,10-13,30-32H2,1-3H3,(H,36,44)(H2,34,35,37,43). The minimum absolute atomic E-state index is 0.0560. The van der Waals surface area contributed by atoms with Gasteiger partial charge in [-0.3, -0.25) is 19.1 Å². The van der Waals surface area contributed by atoms with Gasteiger partial charge in [0, 0.05) is 56.8 Å². The number of methoxy groups -OCH3 is 1. The lowest BCUT2D eigenvalue weighted by atomic mass is 9.49. The van der Waals surface area contributed by atoms with Crippen molar-refractivity contribution < 1.29 is 23.5 Å². The number of fused-ring (bicyclic) bond motifs is 1. The van der Waals surface area contributed by atoms with Crippen LogP contribution in [0, 0.1) is 23.6 Å². The molecule has 3 N–H and O–H groups in total. The van der Waals surface area contributed by atoms with Crippen molar-refractivity contribution in [3.8, 4) is 17.0 Å². The number of likely N-dealkylation sites (tertiary alicyclic amines) is 2. The number of hydrogen-bond acceptors (Lipinski definition) is 9. The molecule has 0 spiro atoms. The second-order valence-electron chi connectivity index (χ2n) is 13.6. The van der Waals surface area contributed by atoms with Gasteiger partial charge in [-0.2, -0.15) is 5.10 Å². The van der Waals surface area contributed by atoms with E-state index in [0.717, 1.165) is 25.9 Å². The summed E-state index contributed by atoms with van der Waals surface area (Å²) in [4.78, 5) is 43.4. The molecule has 4 heterocycles. The zero-order valence-corrected chi connectivity index (χ0v) is 27.0. The number of benzene rings is 1. The quantitative estimate of drug-likeness (QED) is 0.254. The van der Waals surface area contributed by atoms with Crippen molar-refractivity contribution >= 4 is 58.5 Å². The minimum Gasteiger partial charge on any atom is -0.494 e. The number of aryl methyl sites for hydroxylation is 1. The molecular weight excluding hydrogens is 590 g/mol. The number of rotatable bonds is 9. The van der Waals surface area contributed by atoms with Crippen LogP contribution in [0.15, 0.2) is 24.3 Å². The van der Waals surface area contributed by atoms with Crippen LogP contribution in [0.25, 0.3) is 11.3 Å². The molecule has 1 aromatic carbocycles. The number of ether oxygens (including phenoxy) is 1. The Balaban J connectivity index is 1.32. The summed E-state index contributed by atoms with van der Waals surface area (Å²) in [6.07, 6.45) is 1.61. The van der Waals surface area contributed by atoms with Crippen LogP contribution in [0.1, 0.15) is 33.8 Å². The molecule has 13 nitrogen and oxygen atoms in total. The highest BCUT2D eigenvalue weighted by Crippen LogP contribution is 2.40. The van der Waals surface area contributed by atoms with Crippen LogP contribution in [0.2, 0.25) is 0 Å². The molecule has 1 saturated carbocycles. The van der Waals surface area contributed by atoms with Crippen LogP contribution in [-0.2, 0) is 11.8 Å². The number of halogens is 1. The minimum atomic E-state index is -0.599. The van der Waals surface area contributed by atoms with Crippen LogP contribution in [0.4, 0.5) is 21.6 Å². The molecule has 2 atom stereocenters. The topological polar surface area (TPSA) is 147 Å². The average Bonchev–Trinajstić information content (AvgIpc) is 3.52. The molecule has 238 valence electrons. The lowest BCUT2D eigenvalue weighted by Gasteiger charge is -2.22. The molecular formula is C29H37B3FN9O4. The van der Waals surface area contributed by atoms with Gasteiger partial charge in [-0.1, -0.05) is 0 Å². The third kappa shape index (κ3) is 6.59. The highest BCUT2D eigenvalue weighted by Gasteiger charge is 2.41. The van der Waals surface area contributed by atoms with Crippen LogP contribution < -0.4 is 20.7 Å². The number of amides is 3. The Morgan fingerprint density at radius 1 is 0.978 bits per heavy atom. The molecule has 3 amide bonds. The molecule has 3 fully saturated rings. The summed E-state index contributed by atoms with van der Waals surface area (Å²) in [7, 11) is 10.7. The number of carbonyl (C=O) groups excluding carboxylic acids is 3. The molecule has 46 heavy (non-hydrogen) atoms. The lowest BCUT2D eigenvalue weighted by Crippen LogP contribution is -2.50. The van der Waals surface area contributed by atoms with E-state index >= 15 is 4.39 Å². The number of nitrogens with one attached hydrogen (secondary N) is 3. The van der Waals surface area contributed by atoms with E-state index in [9.17, 15) is 14.4 Å². The summed E-state index contributed by atoms with van der Waals surface area (Å²) in [6.45, 7) is 3.34. The van der Waals surface area contributed by atoms with E-state index in [1.807, 2.05) is 28.4 Å². The van der Waals surface area contributed by atoms with Crippen molar-refractivity contribution in [2.24, 2.45) is 24.8 Å². The fourth-order valence-electron chi connectivity index (χ4n) is 6.29. The van der Waals surface area contributed by atoms with Crippen molar-refractivity contribution in [1.82, 2.24) is 35.1 Å². The van der Waals surface area contributed by atoms with Crippen molar-refractivity contribution in [2.75, 3.05) is 51.0 Å². The molecule has 0 bridgehead atoms. The summed E-state index contributed by atoms with van der Waals surface area (Å²) in [5.74, 6) is -0.184. The molecule has 3 aromatic rings. The third-order valence-electron chi connectivity index (χ3n) is 8.56. The van der Waals surface area contributed by atoms with Crippen molar-refractivity contribution in [3.05, 3.63) is 41.5 Å². The SMILES string of the molecule is BC(B)(B)NC(=O)c1nnc(NC(=O)C2CC2)cc1Nc1cc(F)cc(-c2cc(C(=O)N3CC4CN(C)CC4C3)n(C)n2)c1OC. The average molecular weight is 627 g/mol. The first-order chi connectivity index (χ1) is 21.8. The zero-order valence-electron chi connectivity index (χ0n) is 27.0. The van der Waals surface area contributed by atoms with Crippen molar-refractivity contribution in [3.63, 3.8) is 0 Å². The van der Waals surface area contributed by atoms with E-state index < -0.39 is 17.0 Å². The van der Waals surface area contributed by atoms with Gasteiger partial charge < -0.3 is 30.5 Å². The normalized spacial score (nSPS) is 19.5. The van der Waals surface area contributed by atoms with E-state index in [4.69, 9.17) is 4.74 Å². The predicted molar refractivity (Wildman–Crippen MR) is 178 cm³/mol. The van der Waals surface area contributed by atoms with E-state index in [0.29, 0.717) is 41.9 Å². The van der Waals surface area contributed by atoms with Gasteiger partial charge in [-0.05, 0) is 49.1 Å². The van der Waals surface area contributed by atoms with Gasteiger partial charge >= 0.3 is 0 Å². The summed E-state index contributed by atoms with van der Waals surface area (Å²) < 4.78 is 22.5. The molecule has 2 saturated heterocycles. The molecule has 0 radical (unpaired) electrons. The maximum absolute atomic E-state index is 15.3. The van der Waals surface area contributed by atoms with Crippen molar-refractivity contribution in [2.45, 2.75) is 18.1 Å². The second-order valence-corrected chi connectivity index (χ2v) is 13.6. The Morgan fingerprint density at radius 3 is 2.30 bits per heavy atom. The smallest absolute Gasteiger partial charge is 0.272 e. The predicted octanol–water partition coefficient (Wildman–Crippen LogP) is -1.01. The summed E-state index contributed by atoms with van der Waals surface area (Å²) >= 11 is 0. The molecule has 6 rings (SSSR count). The van der Waals surface area contributed by atoms with Crippen molar-refractivity contribution in [1.29, 1.82) is 0 Å². The van der Waals surface area contributed by atoms with Gasteiger partial charge in [0.15, 0.2) is 17.3 Å². The van der Waals surface area contributed by atoms with Crippen LogP contribution in [-0.4, -0.2) is 117 Å². The Kier molecular flexibility index (Phi) is 8.30. The number of aromatic nitrogens is 4. The molecule has 2 unspecified atom stereocenters. The third-order valence-corrected chi connectivity index (χ3v) is 8.56. The largest absolute Gasteiger partial charge is 0.494 e. The zero-order chi connectivity index (χ0) is 32.9. The Bertz CT molecular complexity index is 1700. The van der Waals surface area contributed by atoms with Gasteiger partial charge in [0.25, 0.3) is 11.8 Å². The first-order valence-electron chi connectivity index (χ1n) is 15.5. The van der Waals surface area contributed by atoms with E-state index in [2.05, 4.69) is 43.2 Å². The fraction of sp³-hybridized carbons (Fsp3) is 0.448. The van der Waals surface area contributed by atoms with Gasteiger partial charge in [-0.15, -0.1) is 10.2 Å². The van der Waals surface area contributed by atoms with Crippen LogP contribution in [0.5, 0.6) is 5.75 Å². The highest BCUT2D eigenvalue weighted by molar-refractivity contribution is 6.60. The first-order valence-corrected chi connectivity index (χ1v) is 15.5. The van der Waals surface area contributed by atoms with Gasteiger partial charge in [-0.25, -0.2) is 4.39 Å². The monoisotopic (exact) mass is 627 g/mol. The molecule has 2 aliphatic heterocycles. The van der Waals surface area contributed by atoms with E-state index in [1.54, 1.807) is 13.1 Å². The number of carbonyl (C=O) groups is 3. The second kappa shape index (κ2) is 12.1. The summed E-state index contributed by atoms with van der Waals surface area (Å²) in [6, 6.07) is 5.64. The lowest BCUT2D eigenvalue weighted by molar-refractivity contribution is -0.117. The van der Waals surface area contributed by atoms with Gasteiger partial charge in [0.1, 0.15) is 35.0 Å². The Morgan fingerprint density at radius 2 is 1.67 bits per heavy atom. The van der Waals surface area contributed by atoms with Crippen LogP contribution in [0.3, 0.4) is 0 Å². The molecule has 3 aliphatic rings. The molecule has 1 aliphatic carbocycles. The number of anilines is 3. The number of hydrogen-bond donors (Lipinski definition) is 3. The van der Waals surface area contributed by atoms with Gasteiger partial charge in [0.05, 0.1) is 24.2 Å². The maximum Gasteiger partial charge on any atom is 0.272 e. The summed E-state index contributed by atoms with van der Waals surface area (Å²) in [5.41, 5.74) is 1.36. The van der Waals surface area contributed by atoms with Gasteiger partial charge in [0.2, 0.25) is 5.91 Å². The highest BCUT2D eigenvalue weighted by atomic mass is 19.1. The molecule has 17 heteroatoms. The Hall–Kier alpha value is -4.40. The van der Waals surface area contributed by atoms with Crippen LogP contribution >= 0.6 is 0 Å². The summed E-state index contributed by atoms with van der Waals surface area (Å²) in [5, 5.41) is 20.8. The van der Waals surface area contributed by atoms with E-state index in [1.165, 1.54) is 30.0 Å². The molecule has 2 aromatic heterocycles. The Labute approximate surface area is 269 Å². The first kappa shape index (κ1) is 31.6. The fourth-order valence-corrected chi connectivity index (χ4v) is 6.29.